The van der Waals surface area contributed by atoms with Crippen LogP contribution in [0.4, 0.5) is 14.5 Å². The average Bonchev–Trinajstić information content (AvgIpc) is 3.09. The molecule has 4 rings (SSSR count). The van der Waals surface area contributed by atoms with E-state index in [2.05, 4.69) is 10.3 Å². The lowest BCUT2D eigenvalue weighted by molar-refractivity contribution is 0.102. The molecule has 1 amide bonds. The lowest BCUT2D eigenvalue weighted by Gasteiger charge is -2.09. The van der Waals surface area contributed by atoms with Gasteiger partial charge in [0.05, 0.1) is 16.6 Å². The smallest absolute Gasteiger partial charge is 0.258 e. The van der Waals surface area contributed by atoms with Gasteiger partial charge in [-0.05, 0) is 48.5 Å². The number of hydrogen-bond donors (Lipinski definition) is 1. The highest BCUT2D eigenvalue weighted by Crippen LogP contribution is 2.20. The van der Waals surface area contributed by atoms with Crippen LogP contribution in [0, 0.1) is 11.6 Å². The Kier molecular flexibility index (Phi) is 3.93. The Morgan fingerprint density at radius 3 is 2.50 bits per heavy atom. The van der Waals surface area contributed by atoms with Crippen LogP contribution in [0.5, 0.6) is 0 Å². The van der Waals surface area contributed by atoms with E-state index in [4.69, 9.17) is 0 Å². The van der Waals surface area contributed by atoms with Gasteiger partial charge >= 0.3 is 0 Å². The van der Waals surface area contributed by atoms with E-state index in [9.17, 15) is 13.6 Å². The molecular weight excluding hydrogens is 336 g/mol. The van der Waals surface area contributed by atoms with Crippen molar-refractivity contribution in [3.8, 4) is 5.69 Å². The van der Waals surface area contributed by atoms with Crippen molar-refractivity contribution in [2.45, 2.75) is 0 Å². The largest absolute Gasteiger partial charge is 0.322 e. The quantitative estimate of drug-likeness (QED) is 0.589. The third-order valence-electron chi connectivity index (χ3n) is 4.05. The Morgan fingerprint density at radius 2 is 1.69 bits per heavy atom. The summed E-state index contributed by atoms with van der Waals surface area (Å²) in [6.07, 6.45) is 1.72. The number of anilines is 1. The van der Waals surface area contributed by atoms with E-state index in [-0.39, 0.29) is 5.56 Å². The number of carbonyl (C=O) groups is 1. The first-order valence-electron chi connectivity index (χ1n) is 7.91. The van der Waals surface area contributed by atoms with Gasteiger partial charge < -0.3 is 5.32 Å². The van der Waals surface area contributed by atoms with Crippen LogP contribution in [0.1, 0.15) is 10.4 Å². The second-order valence-corrected chi connectivity index (χ2v) is 5.71. The molecule has 4 nitrogen and oxygen atoms in total. The standard InChI is InChI=1S/C20H13F2N3O/c21-16-5-3-4-15(19(16)22)20(26)24-13-8-10-14(11-9-13)25-12-23-17-6-1-2-7-18(17)25/h1-12H,(H,24,26). The molecule has 0 saturated carbocycles. The molecule has 0 fully saturated rings. The van der Waals surface area contributed by atoms with Crippen molar-refractivity contribution >= 4 is 22.6 Å². The Bertz CT molecular complexity index is 1100. The fourth-order valence-corrected chi connectivity index (χ4v) is 2.75. The summed E-state index contributed by atoms with van der Waals surface area (Å²) in [7, 11) is 0. The monoisotopic (exact) mass is 349 g/mol. The second-order valence-electron chi connectivity index (χ2n) is 5.71. The SMILES string of the molecule is O=C(Nc1ccc(-n2cnc3ccccc32)cc1)c1cccc(F)c1F. The van der Waals surface area contributed by atoms with E-state index in [0.717, 1.165) is 22.8 Å². The predicted molar refractivity (Wildman–Crippen MR) is 95.4 cm³/mol. The second kappa shape index (κ2) is 6.40. The predicted octanol–water partition coefficient (Wildman–Crippen LogP) is 4.56. The van der Waals surface area contributed by atoms with Crippen molar-refractivity contribution in [3.63, 3.8) is 0 Å². The van der Waals surface area contributed by atoms with Crippen LogP contribution in [-0.2, 0) is 0 Å². The lowest BCUT2D eigenvalue weighted by atomic mass is 10.2. The number of nitrogens with zero attached hydrogens (tertiary/aromatic N) is 2. The highest BCUT2D eigenvalue weighted by atomic mass is 19.2. The Labute approximate surface area is 147 Å². The minimum Gasteiger partial charge on any atom is -0.322 e. The van der Waals surface area contributed by atoms with E-state index in [1.54, 1.807) is 18.5 Å². The van der Waals surface area contributed by atoms with Crippen LogP contribution in [0.3, 0.4) is 0 Å². The average molecular weight is 349 g/mol. The molecule has 0 aliphatic carbocycles. The van der Waals surface area contributed by atoms with Crippen molar-refractivity contribution in [1.29, 1.82) is 0 Å². The molecule has 0 aliphatic heterocycles. The van der Waals surface area contributed by atoms with Crippen LogP contribution in [-0.4, -0.2) is 15.5 Å². The molecule has 0 saturated heterocycles. The summed E-state index contributed by atoms with van der Waals surface area (Å²) >= 11 is 0. The molecule has 3 aromatic carbocycles. The molecule has 1 heterocycles. The number of hydrogen-bond acceptors (Lipinski definition) is 2. The lowest BCUT2D eigenvalue weighted by Crippen LogP contribution is -2.14. The molecule has 6 heteroatoms. The first-order chi connectivity index (χ1) is 12.6. The Balaban J connectivity index is 1.58. The zero-order valence-corrected chi connectivity index (χ0v) is 13.5. The maximum Gasteiger partial charge on any atom is 0.258 e. The van der Waals surface area contributed by atoms with Gasteiger partial charge in [-0.25, -0.2) is 13.8 Å². The number of carbonyl (C=O) groups excluding carboxylic acids is 1. The van der Waals surface area contributed by atoms with Crippen molar-refractivity contribution in [2.75, 3.05) is 5.32 Å². The van der Waals surface area contributed by atoms with E-state index < -0.39 is 17.5 Å². The molecule has 0 aliphatic rings. The van der Waals surface area contributed by atoms with Gasteiger partial charge in [0.25, 0.3) is 5.91 Å². The molecule has 0 atom stereocenters. The third kappa shape index (κ3) is 2.82. The van der Waals surface area contributed by atoms with Crippen LogP contribution in [0.15, 0.2) is 73.1 Å². The number of amides is 1. The Hall–Kier alpha value is -3.54. The molecule has 0 bridgehead atoms. The maximum atomic E-state index is 13.7. The minimum absolute atomic E-state index is 0.338. The molecular formula is C20H13F2N3O. The van der Waals surface area contributed by atoms with Gasteiger partial charge in [0.2, 0.25) is 0 Å². The number of fused-ring (bicyclic) bond motifs is 1. The van der Waals surface area contributed by atoms with Gasteiger partial charge in [-0.1, -0.05) is 18.2 Å². The summed E-state index contributed by atoms with van der Waals surface area (Å²) in [5, 5.41) is 2.57. The normalized spacial score (nSPS) is 10.8. The van der Waals surface area contributed by atoms with Gasteiger partial charge in [0.15, 0.2) is 11.6 Å². The van der Waals surface area contributed by atoms with Crippen LogP contribution in [0.2, 0.25) is 0 Å². The number of para-hydroxylation sites is 2. The number of nitrogens with one attached hydrogen (secondary N) is 1. The molecule has 4 aromatic rings. The zero-order chi connectivity index (χ0) is 18.1. The molecule has 0 spiro atoms. The number of aromatic nitrogens is 2. The summed E-state index contributed by atoms with van der Waals surface area (Å²) < 4.78 is 28.9. The van der Waals surface area contributed by atoms with E-state index >= 15 is 0 Å². The molecule has 0 unspecified atom stereocenters. The highest BCUT2D eigenvalue weighted by molar-refractivity contribution is 6.04. The van der Waals surface area contributed by atoms with Crippen molar-refractivity contribution in [3.05, 3.63) is 90.3 Å². The number of imidazole rings is 1. The van der Waals surface area contributed by atoms with E-state index in [1.807, 2.05) is 41.0 Å². The number of benzene rings is 3. The topological polar surface area (TPSA) is 46.9 Å². The summed E-state index contributed by atoms with van der Waals surface area (Å²) in [6.45, 7) is 0. The molecule has 128 valence electrons. The molecule has 1 aromatic heterocycles. The van der Waals surface area contributed by atoms with Crippen molar-refractivity contribution < 1.29 is 13.6 Å². The van der Waals surface area contributed by atoms with Gasteiger partial charge in [-0.2, -0.15) is 0 Å². The highest BCUT2D eigenvalue weighted by Gasteiger charge is 2.15. The molecule has 1 N–H and O–H groups in total. The van der Waals surface area contributed by atoms with Gasteiger partial charge in [-0.3, -0.25) is 9.36 Å². The first kappa shape index (κ1) is 16.0. The first-order valence-corrected chi connectivity index (χ1v) is 7.91. The van der Waals surface area contributed by atoms with Gasteiger partial charge in [-0.15, -0.1) is 0 Å². The number of halogens is 2. The number of rotatable bonds is 3. The van der Waals surface area contributed by atoms with Crippen LogP contribution >= 0.6 is 0 Å². The fourth-order valence-electron chi connectivity index (χ4n) is 2.75. The maximum absolute atomic E-state index is 13.7. The zero-order valence-electron chi connectivity index (χ0n) is 13.5. The molecule has 0 radical (unpaired) electrons. The van der Waals surface area contributed by atoms with Crippen molar-refractivity contribution in [2.24, 2.45) is 0 Å². The van der Waals surface area contributed by atoms with Gasteiger partial charge in [0, 0.05) is 11.4 Å². The fraction of sp³-hybridized carbons (Fsp3) is 0. The minimum atomic E-state index is -1.16. The molecule has 26 heavy (non-hydrogen) atoms. The Morgan fingerprint density at radius 1 is 0.923 bits per heavy atom. The van der Waals surface area contributed by atoms with Gasteiger partial charge in [0.1, 0.15) is 6.33 Å². The van der Waals surface area contributed by atoms with E-state index in [0.29, 0.717) is 5.69 Å². The summed E-state index contributed by atoms with van der Waals surface area (Å²) in [4.78, 5) is 16.5. The summed E-state index contributed by atoms with van der Waals surface area (Å²) in [5.41, 5.74) is 2.85. The van der Waals surface area contributed by atoms with Crippen LogP contribution < -0.4 is 5.32 Å². The van der Waals surface area contributed by atoms with Crippen LogP contribution in [0.25, 0.3) is 16.7 Å². The third-order valence-corrected chi connectivity index (χ3v) is 4.05. The summed E-state index contributed by atoms with van der Waals surface area (Å²) in [5.74, 6) is -2.92. The summed E-state index contributed by atoms with van der Waals surface area (Å²) in [6, 6.07) is 18.2. The van der Waals surface area contributed by atoms with Crippen molar-refractivity contribution in [1.82, 2.24) is 9.55 Å². The van der Waals surface area contributed by atoms with E-state index in [1.165, 1.54) is 12.1 Å².